The third-order valence-electron chi connectivity index (χ3n) is 5.60. The highest BCUT2D eigenvalue weighted by atomic mass is 19.1. The number of ether oxygens (including phenoxy) is 4. The number of rotatable bonds is 5. The van der Waals surface area contributed by atoms with E-state index in [-0.39, 0.29) is 22.4 Å². The lowest BCUT2D eigenvalue weighted by atomic mass is 9.86. The van der Waals surface area contributed by atoms with Gasteiger partial charge in [-0.15, -0.1) is 0 Å². The molecule has 2 aromatic rings. The van der Waals surface area contributed by atoms with Crippen molar-refractivity contribution in [3.63, 3.8) is 0 Å². The van der Waals surface area contributed by atoms with Gasteiger partial charge in [-0.3, -0.25) is 0 Å². The fourth-order valence-electron chi connectivity index (χ4n) is 3.99. The topological polar surface area (TPSA) is 152 Å². The minimum atomic E-state index is -1.68. The quantitative estimate of drug-likeness (QED) is 0.354. The molecule has 0 bridgehead atoms. The molecule has 0 amide bonds. The van der Waals surface area contributed by atoms with Gasteiger partial charge >= 0.3 is 11.9 Å². The molecular formula is C23H20F2O10. The van der Waals surface area contributed by atoms with Crippen molar-refractivity contribution in [2.24, 2.45) is 0 Å². The molecule has 0 aliphatic carbocycles. The summed E-state index contributed by atoms with van der Waals surface area (Å²) in [6, 6.07) is 3.67. The smallest absolute Gasteiger partial charge is 0.339 e. The number of aliphatic hydroxyl groups is 2. The third-order valence-corrected chi connectivity index (χ3v) is 5.60. The Morgan fingerprint density at radius 2 is 1.80 bits per heavy atom. The Labute approximate surface area is 196 Å². The Balaban J connectivity index is 1.52. The number of carbonyl (C=O) groups is 2. The van der Waals surface area contributed by atoms with Crippen molar-refractivity contribution in [3.8, 4) is 17.2 Å². The predicted octanol–water partition coefficient (Wildman–Crippen LogP) is 1.34. The van der Waals surface area contributed by atoms with E-state index in [0.717, 1.165) is 30.4 Å². The number of carbonyl (C=O) groups excluding carboxylic acids is 2. The number of aromatic hydroxyl groups is 2. The summed E-state index contributed by atoms with van der Waals surface area (Å²) >= 11 is 0. The molecule has 35 heavy (non-hydrogen) atoms. The second kappa shape index (κ2) is 9.49. The van der Waals surface area contributed by atoms with Gasteiger partial charge in [0.2, 0.25) is 5.75 Å². The number of benzene rings is 2. The molecule has 2 aliphatic rings. The Bertz CT molecular complexity index is 1180. The number of methoxy groups -OCH3 is 1. The number of aliphatic hydroxyl groups excluding tert-OH is 2. The molecule has 4 rings (SSSR count). The van der Waals surface area contributed by atoms with Crippen LogP contribution in [-0.4, -0.2) is 70.5 Å². The molecule has 2 heterocycles. The first-order valence-electron chi connectivity index (χ1n) is 10.3. The predicted molar refractivity (Wildman–Crippen MR) is 112 cm³/mol. The van der Waals surface area contributed by atoms with E-state index in [1.165, 1.54) is 7.11 Å². The lowest BCUT2D eigenvalue weighted by Crippen LogP contribution is -2.58. The van der Waals surface area contributed by atoms with E-state index < -0.39 is 72.2 Å². The molecular weight excluding hydrogens is 474 g/mol. The van der Waals surface area contributed by atoms with E-state index in [9.17, 15) is 38.8 Å². The van der Waals surface area contributed by atoms with Crippen LogP contribution in [0.15, 0.2) is 30.3 Å². The van der Waals surface area contributed by atoms with Gasteiger partial charge in [-0.25, -0.2) is 18.4 Å². The molecule has 0 unspecified atom stereocenters. The van der Waals surface area contributed by atoms with Crippen molar-refractivity contribution < 1.29 is 57.7 Å². The van der Waals surface area contributed by atoms with Gasteiger partial charge in [-0.05, 0) is 29.8 Å². The van der Waals surface area contributed by atoms with Gasteiger partial charge in [0, 0.05) is 17.7 Å². The van der Waals surface area contributed by atoms with E-state index in [1.807, 2.05) is 0 Å². The zero-order valence-electron chi connectivity index (χ0n) is 18.1. The maximum atomic E-state index is 13.3. The summed E-state index contributed by atoms with van der Waals surface area (Å²) in [5.41, 5.74) is -0.317. The summed E-state index contributed by atoms with van der Waals surface area (Å²) in [6.45, 7) is -0.568. The summed E-state index contributed by atoms with van der Waals surface area (Å²) in [5, 5.41) is 41.5. The van der Waals surface area contributed by atoms with E-state index in [4.69, 9.17) is 18.9 Å². The number of fused-ring (bicyclic) bond motifs is 3. The monoisotopic (exact) mass is 494 g/mol. The van der Waals surface area contributed by atoms with Gasteiger partial charge in [0.25, 0.3) is 0 Å². The summed E-state index contributed by atoms with van der Waals surface area (Å²) in [6.07, 6.45) is -5.35. The Morgan fingerprint density at radius 1 is 1.11 bits per heavy atom. The lowest BCUT2D eigenvalue weighted by Gasteiger charge is -2.44. The van der Waals surface area contributed by atoms with Crippen LogP contribution in [0.5, 0.6) is 17.2 Å². The molecule has 5 atom stereocenters. The van der Waals surface area contributed by atoms with Crippen LogP contribution in [0.2, 0.25) is 0 Å². The molecule has 2 aromatic carbocycles. The van der Waals surface area contributed by atoms with Crippen LogP contribution in [-0.2, 0) is 19.0 Å². The lowest BCUT2D eigenvalue weighted by molar-refractivity contribution is -0.237. The normalized spacial score (nSPS) is 25.5. The zero-order valence-corrected chi connectivity index (χ0v) is 18.1. The van der Waals surface area contributed by atoms with E-state index in [0.29, 0.717) is 6.07 Å². The summed E-state index contributed by atoms with van der Waals surface area (Å²) in [4.78, 5) is 24.4. The molecule has 10 nitrogen and oxygen atoms in total. The number of halogens is 2. The third kappa shape index (κ3) is 4.63. The van der Waals surface area contributed by atoms with Crippen molar-refractivity contribution in [1.29, 1.82) is 0 Å². The number of phenols is 2. The fraction of sp³-hybridized carbons (Fsp3) is 0.304. The van der Waals surface area contributed by atoms with Gasteiger partial charge in [0.05, 0.1) is 12.7 Å². The Hall–Kier alpha value is -3.74. The van der Waals surface area contributed by atoms with Crippen LogP contribution in [0, 0.1) is 11.6 Å². The maximum absolute atomic E-state index is 13.3. The largest absolute Gasteiger partial charge is 0.504 e. The van der Waals surface area contributed by atoms with Crippen molar-refractivity contribution >= 4 is 18.0 Å². The molecule has 4 N–H and O–H groups in total. The van der Waals surface area contributed by atoms with Crippen LogP contribution in [0.4, 0.5) is 8.78 Å². The highest BCUT2D eigenvalue weighted by Crippen LogP contribution is 2.49. The van der Waals surface area contributed by atoms with Gasteiger partial charge in [-0.1, -0.05) is 0 Å². The molecule has 1 saturated heterocycles. The first-order valence-corrected chi connectivity index (χ1v) is 10.3. The SMILES string of the molecule is COc1c(O)cc2c(c1O)[C@@H]1O[C@H](COC(=O)/C=C/c3cc(F)cc(F)c3)[C@@H](O)[C@H](O)[C@H]1OC2=O. The van der Waals surface area contributed by atoms with Crippen LogP contribution in [0.25, 0.3) is 6.08 Å². The second-order valence-electron chi connectivity index (χ2n) is 7.85. The second-order valence-corrected chi connectivity index (χ2v) is 7.85. The van der Waals surface area contributed by atoms with Crippen LogP contribution in [0.3, 0.4) is 0 Å². The molecule has 1 fully saturated rings. The van der Waals surface area contributed by atoms with E-state index in [1.54, 1.807) is 0 Å². The van der Waals surface area contributed by atoms with Crippen molar-refractivity contribution in [2.75, 3.05) is 13.7 Å². The molecule has 0 aromatic heterocycles. The molecule has 2 aliphatic heterocycles. The van der Waals surface area contributed by atoms with Crippen molar-refractivity contribution in [2.45, 2.75) is 30.5 Å². The van der Waals surface area contributed by atoms with Gasteiger partial charge in [0.1, 0.15) is 42.7 Å². The Kier molecular flexibility index (Phi) is 6.61. The van der Waals surface area contributed by atoms with E-state index >= 15 is 0 Å². The van der Waals surface area contributed by atoms with Gasteiger partial charge in [-0.2, -0.15) is 0 Å². The number of hydrogen-bond donors (Lipinski definition) is 4. The molecule has 186 valence electrons. The van der Waals surface area contributed by atoms with Crippen LogP contribution < -0.4 is 4.74 Å². The fourth-order valence-corrected chi connectivity index (χ4v) is 3.99. The Morgan fingerprint density at radius 3 is 2.46 bits per heavy atom. The summed E-state index contributed by atoms with van der Waals surface area (Å²) in [7, 11) is 1.17. The van der Waals surface area contributed by atoms with Crippen molar-refractivity contribution in [3.05, 3.63) is 58.7 Å². The highest BCUT2D eigenvalue weighted by Gasteiger charge is 2.52. The van der Waals surface area contributed by atoms with Crippen LogP contribution >= 0.6 is 0 Å². The maximum Gasteiger partial charge on any atom is 0.339 e. The summed E-state index contributed by atoms with van der Waals surface area (Å²) < 4.78 is 47.4. The molecule has 12 heteroatoms. The first-order chi connectivity index (χ1) is 16.6. The number of hydrogen-bond acceptors (Lipinski definition) is 10. The minimum Gasteiger partial charge on any atom is -0.504 e. The average Bonchev–Trinajstić information content (AvgIpc) is 2.79. The van der Waals surface area contributed by atoms with Crippen molar-refractivity contribution in [1.82, 2.24) is 0 Å². The molecule has 0 radical (unpaired) electrons. The molecule has 0 saturated carbocycles. The highest BCUT2D eigenvalue weighted by molar-refractivity contribution is 5.95. The number of phenolic OH excluding ortho intramolecular Hbond substituents is 2. The number of esters is 2. The van der Waals surface area contributed by atoms with Gasteiger partial charge < -0.3 is 39.4 Å². The minimum absolute atomic E-state index is 0.0694. The first kappa shape index (κ1) is 24.4. The standard InChI is InChI=1S/C23H20F2O10/c1-32-20-13(26)7-12-16(18(20)29)21-22(35-23(12)31)19(30)17(28)14(34-21)8-33-15(27)3-2-9-4-10(24)6-11(25)5-9/h2-7,14,17,19,21-22,26,28-30H,8H2,1H3/b3-2+/t14-,17-,19+,21+,22-/m1/s1. The van der Waals surface area contributed by atoms with E-state index in [2.05, 4.69) is 0 Å². The van der Waals surface area contributed by atoms with Crippen LogP contribution in [0.1, 0.15) is 27.6 Å². The van der Waals surface area contributed by atoms with Gasteiger partial charge in [0.15, 0.2) is 17.6 Å². The summed E-state index contributed by atoms with van der Waals surface area (Å²) in [5.74, 6) is -5.09. The molecule has 0 spiro atoms. The average molecular weight is 494 g/mol. The zero-order chi connectivity index (χ0) is 25.4.